The molecule has 0 spiro atoms. The smallest absolute Gasteiger partial charge is 0.255 e. The lowest BCUT2D eigenvalue weighted by atomic mass is 9.97. The van der Waals surface area contributed by atoms with Crippen molar-refractivity contribution >= 4 is 22.7 Å². The molecule has 2 aromatic carbocycles. The van der Waals surface area contributed by atoms with E-state index in [-0.39, 0.29) is 17.9 Å². The molecule has 1 aliphatic rings. The van der Waals surface area contributed by atoms with Crippen LogP contribution in [0.3, 0.4) is 0 Å². The molecule has 1 aromatic heterocycles. The lowest BCUT2D eigenvalue weighted by molar-refractivity contribution is -0.125. The average molecular weight is 377 g/mol. The van der Waals surface area contributed by atoms with Crippen LogP contribution >= 0.6 is 0 Å². The molecule has 144 valence electrons. The molecule has 3 aromatic rings. The Labute approximate surface area is 163 Å². The third-order valence-corrected chi connectivity index (χ3v) is 5.32. The van der Waals surface area contributed by atoms with Gasteiger partial charge in [-0.3, -0.25) is 9.59 Å². The number of para-hydroxylation sites is 1. The van der Waals surface area contributed by atoms with Crippen molar-refractivity contribution in [1.29, 1.82) is 0 Å². The zero-order valence-electron chi connectivity index (χ0n) is 15.9. The number of benzene rings is 2. The number of aromatic nitrogens is 1. The van der Waals surface area contributed by atoms with Gasteiger partial charge in [-0.05, 0) is 24.6 Å². The van der Waals surface area contributed by atoms with Crippen LogP contribution in [0.5, 0.6) is 0 Å². The minimum Gasteiger partial charge on any atom is -0.383 e. The third kappa shape index (κ3) is 2.96. The van der Waals surface area contributed by atoms with E-state index in [1.807, 2.05) is 54.7 Å². The van der Waals surface area contributed by atoms with Gasteiger partial charge >= 0.3 is 0 Å². The molecule has 2 unspecified atom stereocenters. The molecular formula is C22H23N3O3. The van der Waals surface area contributed by atoms with Gasteiger partial charge in [0.05, 0.1) is 12.6 Å². The van der Waals surface area contributed by atoms with E-state index in [0.29, 0.717) is 18.7 Å². The topological polar surface area (TPSA) is 74.4 Å². The number of fused-ring (bicyclic) bond motifs is 2. The monoisotopic (exact) mass is 377 g/mol. The van der Waals surface area contributed by atoms with E-state index >= 15 is 0 Å². The van der Waals surface area contributed by atoms with Gasteiger partial charge in [0.1, 0.15) is 6.04 Å². The molecule has 6 heteroatoms. The molecular weight excluding hydrogens is 354 g/mol. The quantitative estimate of drug-likeness (QED) is 0.649. The van der Waals surface area contributed by atoms with Crippen LogP contribution in [-0.2, 0) is 9.53 Å². The lowest BCUT2D eigenvalue weighted by Crippen LogP contribution is -2.47. The summed E-state index contributed by atoms with van der Waals surface area (Å²) in [6, 6.07) is 14.6. The minimum atomic E-state index is -0.615. The molecule has 2 N–H and O–H groups in total. The summed E-state index contributed by atoms with van der Waals surface area (Å²) >= 11 is 0. The van der Waals surface area contributed by atoms with E-state index in [1.165, 1.54) is 0 Å². The van der Waals surface area contributed by atoms with Gasteiger partial charge in [0.25, 0.3) is 5.91 Å². The fourth-order valence-corrected chi connectivity index (χ4v) is 3.92. The van der Waals surface area contributed by atoms with Crippen LogP contribution in [0.25, 0.3) is 10.9 Å². The maximum absolute atomic E-state index is 13.2. The number of hydrogen-bond donors (Lipinski definition) is 2. The van der Waals surface area contributed by atoms with E-state index < -0.39 is 6.04 Å². The summed E-state index contributed by atoms with van der Waals surface area (Å²) in [4.78, 5) is 30.9. The van der Waals surface area contributed by atoms with Crippen LogP contribution in [0.2, 0.25) is 0 Å². The molecule has 0 radical (unpaired) electrons. The van der Waals surface area contributed by atoms with Gasteiger partial charge in [-0.15, -0.1) is 0 Å². The molecule has 28 heavy (non-hydrogen) atoms. The number of rotatable bonds is 6. The molecule has 2 amide bonds. The van der Waals surface area contributed by atoms with Gasteiger partial charge in [-0.2, -0.15) is 0 Å². The summed E-state index contributed by atoms with van der Waals surface area (Å²) in [5.41, 5.74) is 3.57. The van der Waals surface area contributed by atoms with Crippen LogP contribution in [-0.4, -0.2) is 48.0 Å². The van der Waals surface area contributed by atoms with E-state index in [2.05, 4.69) is 10.3 Å². The zero-order chi connectivity index (χ0) is 19.7. The number of nitrogens with zero attached hydrogens (tertiary/aromatic N) is 1. The summed E-state index contributed by atoms with van der Waals surface area (Å²) in [5, 5.41) is 3.89. The van der Waals surface area contributed by atoms with E-state index in [0.717, 1.165) is 22.0 Å². The predicted octanol–water partition coefficient (Wildman–Crippen LogP) is 2.86. The summed E-state index contributed by atoms with van der Waals surface area (Å²) in [6.45, 7) is 2.61. The average Bonchev–Trinajstić information content (AvgIpc) is 3.26. The Bertz CT molecular complexity index is 1030. The number of nitrogens with one attached hydrogen (secondary N) is 2. The highest BCUT2D eigenvalue weighted by molar-refractivity contribution is 6.03. The first-order chi connectivity index (χ1) is 13.6. The highest BCUT2D eigenvalue weighted by atomic mass is 16.5. The number of carbonyl (C=O) groups excluding carboxylic acids is 2. The second-order valence-corrected chi connectivity index (χ2v) is 6.95. The van der Waals surface area contributed by atoms with Crippen molar-refractivity contribution in [3.8, 4) is 0 Å². The standard InChI is InChI=1S/C22H23N3O3/c1-14(21(26)23-11-12-28-2)25-20(16-8-3-4-9-17(16)22(25)27)18-13-24-19-10-6-5-7-15(18)19/h3-10,13-14,20,24H,11-12H2,1-2H3,(H,23,26). The summed E-state index contributed by atoms with van der Waals surface area (Å²) < 4.78 is 5.00. The van der Waals surface area contributed by atoms with Gasteiger partial charge in [0.2, 0.25) is 5.91 Å². The van der Waals surface area contributed by atoms with Crippen molar-refractivity contribution in [2.75, 3.05) is 20.3 Å². The number of amides is 2. The highest BCUT2D eigenvalue weighted by Crippen LogP contribution is 2.42. The SMILES string of the molecule is COCCNC(=O)C(C)N1C(=O)c2ccccc2C1c1c[nH]c2ccccc12. The normalized spacial score (nSPS) is 17.0. The van der Waals surface area contributed by atoms with Crippen LogP contribution in [0, 0.1) is 0 Å². The lowest BCUT2D eigenvalue weighted by Gasteiger charge is -2.30. The van der Waals surface area contributed by atoms with Crippen molar-refractivity contribution in [2.24, 2.45) is 0 Å². The van der Waals surface area contributed by atoms with Crippen molar-refractivity contribution in [3.05, 3.63) is 71.4 Å². The Morgan fingerprint density at radius 3 is 2.75 bits per heavy atom. The van der Waals surface area contributed by atoms with Gasteiger partial charge < -0.3 is 19.9 Å². The number of hydrogen-bond acceptors (Lipinski definition) is 3. The second-order valence-electron chi connectivity index (χ2n) is 6.95. The van der Waals surface area contributed by atoms with Crippen LogP contribution < -0.4 is 5.32 Å². The van der Waals surface area contributed by atoms with Gasteiger partial charge in [-0.25, -0.2) is 0 Å². The fraction of sp³-hybridized carbons (Fsp3) is 0.273. The highest BCUT2D eigenvalue weighted by Gasteiger charge is 2.42. The molecule has 0 fully saturated rings. The van der Waals surface area contributed by atoms with Gasteiger partial charge in [0.15, 0.2) is 0 Å². The summed E-state index contributed by atoms with van der Waals surface area (Å²) in [7, 11) is 1.59. The van der Waals surface area contributed by atoms with Crippen LogP contribution in [0.15, 0.2) is 54.7 Å². The van der Waals surface area contributed by atoms with Crippen molar-refractivity contribution < 1.29 is 14.3 Å². The zero-order valence-corrected chi connectivity index (χ0v) is 15.9. The van der Waals surface area contributed by atoms with Gasteiger partial charge in [0, 0.05) is 41.9 Å². The minimum absolute atomic E-state index is 0.125. The number of ether oxygens (including phenoxy) is 1. The molecule has 0 saturated heterocycles. The van der Waals surface area contributed by atoms with Crippen molar-refractivity contribution in [3.63, 3.8) is 0 Å². The Hall–Kier alpha value is -3.12. The molecule has 0 aliphatic carbocycles. The molecule has 2 heterocycles. The van der Waals surface area contributed by atoms with E-state index in [4.69, 9.17) is 4.74 Å². The number of carbonyl (C=O) groups is 2. The van der Waals surface area contributed by atoms with Crippen molar-refractivity contribution in [1.82, 2.24) is 15.2 Å². The fourth-order valence-electron chi connectivity index (χ4n) is 3.92. The van der Waals surface area contributed by atoms with E-state index in [9.17, 15) is 9.59 Å². The first kappa shape index (κ1) is 18.3. The van der Waals surface area contributed by atoms with E-state index in [1.54, 1.807) is 18.9 Å². The first-order valence-electron chi connectivity index (χ1n) is 9.37. The molecule has 2 atom stereocenters. The molecule has 0 bridgehead atoms. The molecule has 4 rings (SSSR count). The number of aromatic amines is 1. The largest absolute Gasteiger partial charge is 0.383 e. The predicted molar refractivity (Wildman–Crippen MR) is 107 cm³/mol. The molecule has 1 aliphatic heterocycles. The Morgan fingerprint density at radius 2 is 1.93 bits per heavy atom. The molecule has 6 nitrogen and oxygen atoms in total. The third-order valence-electron chi connectivity index (χ3n) is 5.32. The maximum atomic E-state index is 13.2. The summed E-state index contributed by atoms with van der Waals surface area (Å²) in [6.07, 6.45) is 1.94. The van der Waals surface area contributed by atoms with Crippen LogP contribution in [0.4, 0.5) is 0 Å². The number of H-pyrrole nitrogens is 1. The molecule has 0 saturated carbocycles. The Balaban J connectivity index is 1.76. The first-order valence-corrected chi connectivity index (χ1v) is 9.37. The van der Waals surface area contributed by atoms with Gasteiger partial charge in [-0.1, -0.05) is 36.4 Å². The van der Waals surface area contributed by atoms with Crippen LogP contribution in [0.1, 0.15) is 34.5 Å². The Kier molecular flexibility index (Phi) is 4.88. The summed E-state index contributed by atoms with van der Waals surface area (Å²) in [5.74, 6) is -0.316. The van der Waals surface area contributed by atoms with Crippen molar-refractivity contribution in [2.45, 2.75) is 19.0 Å². The number of methoxy groups -OCH3 is 1. The second kappa shape index (κ2) is 7.48. The Morgan fingerprint density at radius 1 is 1.18 bits per heavy atom. The maximum Gasteiger partial charge on any atom is 0.255 e.